The van der Waals surface area contributed by atoms with Crippen molar-refractivity contribution >= 4 is 23.5 Å². The van der Waals surface area contributed by atoms with Gasteiger partial charge in [-0.05, 0) is 60.2 Å². The van der Waals surface area contributed by atoms with E-state index in [2.05, 4.69) is 5.32 Å². The number of ketones is 1. The van der Waals surface area contributed by atoms with Gasteiger partial charge in [-0.15, -0.1) is 0 Å². The molecule has 0 aromatic heterocycles. The number of methoxy groups -OCH3 is 1. The van der Waals surface area contributed by atoms with Crippen molar-refractivity contribution in [2.45, 2.75) is 0 Å². The lowest BCUT2D eigenvalue weighted by atomic mass is 10.1. The molecule has 0 aliphatic heterocycles. The fraction of sp³-hybridized carbons (Fsp3) is 0.0435. The average Bonchev–Trinajstić information content (AvgIpc) is 2.73. The van der Waals surface area contributed by atoms with Crippen LogP contribution in [0.25, 0.3) is 6.08 Å². The van der Waals surface area contributed by atoms with Crippen LogP contribution in [0.1, 0.15) is 26.3 Å². The van der Waals surface area contributed by atoms with Crippen LogP contribution < -0.4 is 10.1 Å². The van der Waals surface area contributed by atoms with Gasteiger partial charge in [0.05, 0.1) is 7.11 Å². The summed E-state index contributed by atoms with van der Waals surface area (Å²) in [6.45, 7) is 0. The molecule has 0 saturated carbocycles. The molecule has 0 spiro atoms. The minimum Gasteiger partial charge on any atom is -0.497 e. The lowest BCUT2D eigenvalue weighted by Crippen LogP contribution is -2.11. The summed E-state index contributed by atoms with van der Waals surface area (Å²) in [7, 11) is 1.59. The van der Waals surface area contributed by atoms with E-state index in [1.165, 1.54) is 6.08 Å². The fourth-order valence-electron chi connectivity index (χ4n) is 2.49. The molecule has 3 aromatic rings. The van der Waals surface area contributed by atoms with Crippen molar-refractivity contribution in [3.63, 3.8) is 0 Å². The third-order valence-electron chi connectivity index (χ3n) is 4.01. The second kappa shape index (κ2) is 8.63. The average molecular weight is 357 g/mol. The van der Waals surface area contributed by atoms with Crippen LogP contribution >= 0.6 is 0 Å². The second-order valence-electron chi connectivity index (χ2n) is 5.87. The summed E-state index contributed by atoms with van der Waals surface area (Å²) in [5.41, 5.74) is 2.77. The fourth-order valence-corrected chi connectivity index (χ4v) is 2.49. The predicted molar refractivity (Wildman–Crippen MR) is 107 cm³/mol. The number of carbonyl (C=O) groups excluding carboxylic acids is 2. The molecule has 1 N–H and O–H groups in total. The van der Waals surface area contributed by atoms with Crippen LogP contribution in [0.5, 0.6) is 5.75 Å². The van der Waals surface area contributed by atoms with Crippen LogP contribution in [-0.4, -0.2) is 18.8 Å². The van der Waals surface area contributed by atoms with E-state index in [1.54, 1.807) is 61.7 Å². The molecule has 0 bridgehead atoms. The third kappa shape index (κ3) is 4.92. The first-order valence-electron chi connectivity index (χ1n) is 8.48. The van der Waals surface area contributed by atoms with Crippen molar-refractivity contribution in [1.29, 1.82) is 0 Å². The van der Waals surface area contributed by atoms with E-state index in [0.717, 1.165) is 5.56 Å². The van der Waals surface area contributed by atoms with Crippen LogP contribution in [0.3, 0.4) is 0 Å². The van der Waals surface area contributed by atoms with E-state index < -0.39 is 0 Å². The standard InChI is InChI=1S/C23H19NO3/c1-27-21-14-10-18(11-15-21)22(25)16-9-17-7-12-20(13-8-17)24-23(26)19-5-3-2-4-6-19/h2-16H,1H3,(H,24,26)/b16-9+. The molecule has 134 valence electrons. The topological polar surface area (TPSA) is 55.4 Å². The Morgan fingerprint density at radius 2 is 1.48 bits per heavy atom. The summed E-state index contributed by atoms with van der Waals surface area (Å²) in [4.78, 5) is 24.3. The molecular formula is C23H19NO3. The highest BCUT2D eigenvalue weighted by Gasteiger charge is 2.05. The Balaban J connectivity index is 1.62. The Labute approximate surface area is 158 Å². The highest BCUT2D eigenvalue weighted by Crippen LogP contribution is 2.15. The summed E-state index contributed by atoms with van der Waals surface area (Å²) in [6.07, 6.45) is 3.27. The first-order valence-corrected chi connectivity index (χ1v) is 8.48. The number of rotatable bonds is 6. The Hall–Kier alpha value is -3.66. The molecule has 4 nitrogen and oxygen atoms in total. The molecule has 0 radical (unpaired) electrons. The van der Waals surface area contributed by atoms with E-state index in [4.69, 9.17) is 4.74 Å². The van der Waals surface area contributed by atoms with Crippen LogP contribution in [0.2, 0.25) is 0 Å². The summed E-state index contributed by atoms with van der Waals surface area (Å²) in [6, 6.07) is 23.3. The lowest BCUT2D eigenvalue weighted by Gasteiger charge is -2.05. The first kappa shape index (κ1) is 18.1. The van der Waals surface area contributed by atoms with Crippen molar-refractivity contribution < 1.29 is 14.3 Å². The van der Waals surface area contributed by atoms with Crippen molar-refractivity contribution in [3.8, 4) is 5.75 Å². The molecule has 27 heavy (non-hydrogen) atoms. The maximum atomic E-state index is 12.2. The van der Waals surface area contributed by atoms with Gasteiger partial charge >= 0.3 is 0 Å². The summed E-state index contributed by atoms with van der Waals surface area (Å²) >= 11 is 0. The van der Waals surface area contributed by atoms with Gasteiger partial charge in [-0.25, -0.2) is 0 Å². The van der Waals surface area contributed by atoms with Crippen LogP contribution in [0.15, 0.2) is 84.9 Å². The largest absolute Gasteiger partial charge is 0.497 e. The van der Waals surface area contributed by atoms with Crippen molar-refractivity contribution in [2.75, 3.05) is 12.4 Å². The highest BCUT2D eigenvalue weighted by atomic mass is 16.5. The summed E-state index contributed by atoms with van der Waals surface area (Å²) in [5.74, 6) is 0.469. The van der Waals surface area contributed by atoms with Gasteiger partial charge in [0.1, 0.15) is 5.75 Å². The smallest absolute Gasteiger partial charge is 0.255 e. The monoisotopic (exact) mass is 357 g/mol. The molecule has 0 heterocycles. The van der Waals surface area contributed by atoms with E-state index in [-0.39, 0.29) is 11.7 Å². The molecule has 3 rings (SSSR count). The molecule has 3 aromatic carbocycles. The maximum Gasteiger partial charge on any atom is 0.255 e. The molecule has 0 saturated heterocycles. The van der Waals surface area contributed by atoms with Gasteiger partial charge in [-0.3, -0.25) is 9.59 Å². The van der Waals surface area contributed by atoms with Gasteiger partial charge in [0.25, 0.3) is 5.91 Å². The highest BCUT2D eigenvalue weighted by molar-refractivity contribution is 6.07. The number of benzene rings is 3. The SMILES string of the molecule is COc1ccc(C(=O)/C=C/c2ccc(NC(=O)c3ccccc3)cc2)cc1. The van der Waals surface area contributed by atoms with E-state index >= 15 is 0 Å². The van der Waals surface area contributed by atoms with E-state index in [1.807, 2.05) is 30.3 Å². The zero-order valence-corrected chi connectivity index (χ0v) is 14.9. The zero-order valence-electron chi connectivity index (χ0n) is 14.9. The molecule has 0 atom stereocenters. The Morgan fingerprint density at radius 3 is 2.11 bits per heavy atom. The van der Waals surface area contributed by atoms with Gasteiger partial charge in [0, 0.05) is 16.8 Å². The van der Waals surface area contributed by atoms with E-state index in [0.29, 0.717) is 22.6 Å². The first-order chi connectivity index (χ1) is 13.2. The van der Waals surface area contributed by atoms with Crippen LogP contribution in [0.4, 0.5) is 5.69 Å². The number of hydrogen-bond acceptors (Lipinski definition) is 3. The van der Waals surface area contributed by atoms with Crippen molar-refractivity contribution in [1.82, 2.24) is 0 Å². The Morgan fingerprint density at radius 1 is 0.815 bits per heavy atom. The molecule has 0 fully saturated rings. The molecule has 0 aliphatic rings. The number of nitrogens with one attached hydrogen (secondary N) is 1. The Bertz CT molecular complexity index is 943. The van der Waals surface area contributed by atoms with Gasteiger partial charge in [0.15, 0.2) is 5.78 Å². The molecule has 4 heteroatoms. The molecule has 0 aliphatic carbocycles. The van der Waals surface area contributed by atoms with E-state index in [9.17, 15) is 9.59 Å². The van der Waals surface area contributed by atoms with Crippen LogP contribution in [0, 0.1) is 0 Å². The Kier molecular flexibility index (Phi) is 5.80. The predicted octanol–water partition coefficient (Wildman–Crippen LogP) is 4.84. The van der Waals surface area contributed by atoms with Gasteiger partial charge in [0.2, 0.25) is 0 Å². The third-order valence-corrected chi connectivity index (χ3v) is 4.01. The molecular weight excluding hydrogens is 338 g/mol. The quantitative estimate of drug-likeness (QED) is 0.507. The lowest BCUT2D eigenvalue weighted by molar-refractivity contribution is 0.102. The second-order valence-corrected chi connectivity index (χ2v) is 5.87. The van der Waals surface area contributed by atoms with Crippen molar-refractivity contribution in [3.05, 3.63) is 102 Å². The summed E-state index contributed by atoms with van der Waals surface area (Å²) in [5, 5.41) is 2.85. The number of hydrogen-bond donors (Lipinski definition) is 1. The number of anilines is 1. The zero-order chi connectivity index (χ0) is 19.1. The minimum absolute atomic E-state index is 0.0842. The summed E-state index contributed by atoms with van der Waals surface area (Å²) < 4.78 is 5.09. The van der Waals surface area contributed by atoms with Gasteiger partial charge in [-0.2, -0.15) is 0 Å². The molecule has 1 amide bonds. The van der Waals surface area contributed by atoms with Crippen LogP contribution in [-0.2, 0) is 0 Å². The number of amides is 1. The maximum absolute atomic E-state index is 12.2. The number of allylic oxidation sites excluding steroid dienone is 1. The van der Waals surface area contributed by atoms with Gasteiger partial charge in [-0.1, -0.05) is 36.4 Å². The number of ether oxygens (including phenoxy) is 1. The normalized spacial score (nSPS) is 10.6. The van der Waals surface area contributed by atoms with Gasteiger partial charge < -0.3 is 10.1 Å². The minimum atomic E-state index is -0.159. The number of carbonyl (C=O) groups is 2. The van der Waals surface area contributed by atoms with Crippen molar-refractivity contribution in [2.24, 2.45) is 0 Å². The molecule has 0 unspecified atom stereocenters.